The smallest absolute Gasteiger partial charge is 0.161 e. The van der Waals surface area contributed by atoms with Gasteiger partial charge in [-0.15, -0.1) is 0 Å². The van der Waals surface area contributed by atoms with Gasteiger partial charge in [-0.05, 0) is 24.5 Å². The molecule has 0 fully saturated rings. The molecule has 1 aliphatic rings. The number of hydrogen-bond donors (Lipinski definition) is 2. The fraction of sp³-hybridized carbons (Fsp3) is 0.375. The number of benzene rings is 1. The number of hydrogen-bond acceptors (Lipinski definition) is 6. The number of ether oxygens (including phenoxy) is 1. The molecule has 116 valence electrons. The number of aromatic nitrogens is 2. The summed E-state index contributed by atoms with van der Waals surface area (Å²) >= 11 is 0. The number of methoxy groups -OCH3 is 1. The first-order valence-electron chi connectivity index (χ1n) is 7.50. The van der Waals surface area contributed by atoms with Gasteiger partial charge in [0.25, 0.3) is 0 Å². The minimum Gasteiger partial charge on any atom is -0.393 e. The Labute approximate surface area is 130 Å². The average molecular weight is 299 g/mol. The van der Waals surface area contributed by atoms with Crippen molar-refractivity contribution in [3.05, 3.63) is 36.2 Å². The summed E-state index contributed by atoms with van der Waals surface area (Å²) in [5, 5.41) is 3.19. The second-order valence-electron chi connectivity index (χ2n) is 5.26. The van der Waals surface area contributed by atoms with Gasteiger partial charge < -0.3 is 20.7 Å². The third-order valence-corrected chi connectivity index (χ3v) is 3.83. The van der Waals surface area contributed by atoms with Crippen molar-refractivity contribution < 1.29 is 4.74 Å². The predicted octanol–water partition coefficient (Wildman–Crippen LogP) is 2.20. The lowest BCUT2D eigenvalue weighted by Gasteiger charge is -2.31. The molecular formula is C16H21N5O. The number of fused-ring (bicyclic) bond motifs is 1. The minimum atomic E-state index is 0.579. The molecule has 22 heavy (non-hydrogen) atoms. The topological polar surface area (TPSA) is 76.3 Å². The summed E-state index contributed by atoms with van der Waals surface area (Å²) in [5.74, 6) is 1.42. The normalized spacial score (nSPS) is 13.8. The zero-order valence-corrected chi connectivity index (χ0v) is 12.7. The van der Waals surface area contributed by atoms with Crippen LogP contribution < -0.4 is 16.0 Å². The summed E-state index contributed by atoms with van der Waals surface area (Å²) in [5.41, 5.74) is 9.38. The standard InChI is InChI=1S/C16H21N5O/c1-22-10-8-18-15-14(17)16(20-11-19-15)21-9-4-6-12-5-2-3-7-13(12)21/h2-3,5,7,11H,4,6,8-10,17H2,1H3,(H,18,19,20). The van der Waals surface area contributed by atoms with E-state index in [4.69, 9.17) is 10.5 Å². The molecule has 2 aromatic rings. The van der Waals surface area contributed by atoms with Gasteiger partial charge in [0, 0.05) is 25.9 Å². The molecule has 0 bridgehead atoms. The summed E-state index contributed by atoms with van der Waals surface area (Å²) in [6, 6.07) is 8.40. The highest BCUT2D eigenvalue weighted by atomic mass is 16.5. The number of para-hydroxylation sites is 1. The maximum absolute atomic E-state index is 6.28. The molecule has 0 amide bonds. The Bertz CT molecular complexity index is 646. The molecule has 0 radical (unpaired) electrons. The zero-order chi connectivity index (χ0) is 15.4. The van der Waals surface area contributed by atoms with Gasteiger partial charge in [0.05, 0.1) is 6.61 Å². The van der Waals surface area contributed by atoms with Gasteiger partial charge >= 0.3 is 0 Å². The monoisotopic (exact) mass is 299 g/mol. The molecule has 0 unspecified atom stereocenters. The summed E-state index contributed by atoms with van der Waals surface area (Å²) in [4.78, 5) is 10.8. The van der Waals surface area contributed by atoms with Gasteiger partial charge in [-0.2, -0.15) is 0 Å². The van der Waals surface area contributed by atoms with E-state index in [1.54, 1.807) is 13.4 Å². The largest absolute Gasteiger partial charge is 0.393 e. The Balaban J connectivity index is 1.91. The van der Waals surface area contributed by atoms with Crippen LogP contribution in [-0.2, 0) is 11.2 Å². The fourth-order valence-corrected chi connectivity index (χ4v) is 2.77. The minimum absolute atomic E-state index is 0.579. The third kappa shape index (κ3) is 2.82. The summed E-state index contributed by atoms with van der Waals surface area (Å²) in [7, 11) is 1.67. The first kappa shape index (κ1) is 14.6. The van der Waals surface area contributed by atoms with Crippen molar-refractivity contribution in [2.45, 2.75) is 12.8 Å². The molecule has 1 aromatic heterocycles. The number of nitrogens with one attached hydrogen (secondary N) is 1. The van der Waals surface area contributed by atoms with Crippen LogP contribution in [0, 0.1) is 0 Å². The van der Waals surface area contributed by atoms with Gasteiger partial charge in [0.15, 0.2) is 11.6 Å². The molecule has 0 spiro atoms. The van der Waals surface area contributed by atoms with E-state index in [9.17, 15) is 0 Å². The summed E-state index contributed by atoms with van der Waals surface area (Å²) in [6.45, 7) is 2.18. The maximum atomic E-state index is 6.28. The van der Waals surface area contributed by atoms with Gasteiger partial charge in [-0.3, -0.25) is 0 Å². The third-order valence-electron chi connectivity index (χ3n) is 3.83. The number of nitrogens with zero attached hydrogens (tertiary/aromatic N) is 3. The van der Waals surface area contributed by atoms with Gasteiger partial charge in [0.1, 0.15) is 12.0 Å². The maximum Gasteiger partial charge on any atom is 0.161 e. The van der Waals surface area contributed by atoms with Crippen molar-refractivity contribution in [3.63, 3.8) is 0 Å². The molecule has 3 rings (SSSR count). The van der Waals surface area contributed by atoms with Gasteiger partial charge in [0.2, 0.25) is 0 Å². The first-order chi connectivity index (χ1) is 10.8. The van der Waals surface area contributed by atoms with Crippen LogP contribution in [0.15, 0.2) is 30.6 Å². The van der Waals surface area contributed by atoms with Crippen molar-refractivity contribution in [1.29, 1.82) is 0 Å². The van der Waals surface area contributed by atoms with E-state index in [2.05, 4.69) is 38.4 Å². The summed E-state index contributed by atoms with van der Waals surface area (Å²) in [6.07, 6.45) is 3.74. The van der Waals surface area contributed by atoms with E-state index in [-0.39, 0.29) is 0 Å². The quantitative estimate of drug-likeness (QED) is 0.824. The molecule has 1 aromatic carbocycles. The highest BCUT2D eigenvalue weighted by Crippen LogP contribution is 2.36. The van der Waals surface area contributed by atoms with Gasteiger partial charge in [-0.1, -0.05) is 18.2 Å². The van der Waals surface area contributed by atoms with E-state index in [1.165, 1.54) is 11.3 Å². The second-order valence-corrected chi connectivity index (χ2v) is 5.26. The van der Waals surface area contributed by atoms with Crippen LogP contribution >= 0.6 is 0 Å². The van der Waals surface area contributed by atoms with Crippen molar-refractivity contribution >= 4 is 23.0 Å². The van der Waals surface area contributed by atoms with E-state index in [0.717, 1.165) is 25.2 Å². The van der Waals surface area contributed by atoms with Crippen LogP contribution in [0.2, 0.25) is 0 Å². The number of nitrogens with two attached hydrogens (primary N) is 1. The van der Waals surface area contributed by atoms with E-state index in [0.29, 0.717) is 24.7 Å². The van der Waals surface area contributed by atoms with E-state index < -0.39 is 0 Å². The van der Waals surface area contributed by atoms with Crippen LogP contribution in [0.5, 0.6) is 0 Å². The lowest BCUT2D eigenvalue weighted by molar-refractivity contribution is 0.210. The van der Waals surface area contributed by atoms with Crippen molar-refractivity contribution in [2.24, 2.45) is 0 Å². The molecule has 2 heterocycles. The Morgan fingerprint density at radius 3 is 3.05 bits per heavy atom. The Hall–Kier alpha value is -2.34. The first-order valence-corrected chi connectivity index (χ1v) is 7.50. The second kappa shape index (κ2) is 6.62. The predicted molar refractivity (Wildman–Crippen MR) is 88.6 cm³/mol. The van der Waals surface area contributed by atoms with Crippen LogP contribution in [0.3, 0.4) is 0 Å². The van der Waals surface area contributed by atoms with Crippen LogP contribution in [0.25, 0.3) is 0 Å². The lowest BCUT2D eigenvalue weighted by atomic mass is 10.0. The average Bonchev–Trinajstić information content (AvgIpc) is 2.56. The lowest BCUT2D eigenvalue weighted by Crippen LogP contribution is -2.26. The van der Waals surface area contributed by atoms with Gasteiger partial charge in [-0.25, -0.2) is 9.97 Å². The molecule has 6 nitrogen and oxygen atoms in total. The fourth-order valence-electron chi connectivity index (χ4n) is 2.77. The molecule has 6 heteroatoms. The molecule has 1 aliphatic heterocycles. The summed E-state index contributed by atoms with van der Waals surface area (Å²) < 4.78 is 5.04. The van der Waals surface area contributed by atoms with Crippen molar-refractivity contribution in [1.82, 2.24) is 9.97 Å². The molecule has 3 N–H and O–H groups in total. The molecule has 0 aliphatic carbocycles. The highest BCUT2D eigenvalue weighted by molar-refractivity contribution is 5.80. The zero-order valence-electron chi connectivity index (χ0n) is 12.7. The number of anilines is 4. The molecule has 0 saturated heterocycles. The molecule has 0 saturated carbocycles. The Kier molecular flexibility index (Phi) is 4.39. The van der Waals surface area contributed by atoms with E-state index >= 15 is 0 Å². The molecule has 0 atom stereocenters. The van der Waals surface area contributed by atoms with Crippen LogP contribution in [0.1, 0.15) is 12.0 Å². The number of rotatable bonds is 5. The Morgan fingerprint density at radius 1 is 1.32 bits per heavy atom. The van der Waals surface area contributed by atoms with Crippen LogP contribution in [0.4, 0.5) is 23.0 Å². The Morgan fingerprint density at radius 2 is 2.18 bits per heavy atom. The van der Waals surface area contributed by atoms with Crippen molar-refractivity contribution in [2.75, 3.05) is 42.8 Å². The SMILES string of the molecule is COCCNc1ncnc(N2CCCc3ccccc32)c1N. The van der Waals surface area contributed by atoms with E-state index in [1.807, 2.05) is 6.07 Å². The number of aryl methyl sites for hydroxylation is 1. The highest BCUT2D eigenvalue weighted by Gasteiger charge is 2.22. The van der Waals surface area contributed by atoms with Crippen molar-refractivity contribution in [3.8, 4) is 0 Å². The molecular weight excluding hydrogens is 278 g/mol. The van der Waals surface area contributed by atoms with Crippen LogP contribution in [-0.4, -0.2) is 36.8 Å². The number of nitrogen functional groups attached to an aromatic ring is 1.